The van der Waals surface area contributed by atoms with Crippen LogP contribution < -0.4 is 10.6 Å². The molecule has 0 aliphatic carbocycles. The zero-order valence-corrected chi connectivity index (χ0v) is 13.4. The Balaban J connectivity index is 1.77. The zero-order chi connectivity index (χ0) is 18.5. The second-order valence-electron chi connectivity index (χ2n) is 5.34. The summed E-state index contributed by atoms with van der Waals surface area (Å²) in [5.74, 6) is -1.84. The van der Waals surface area contributed by atoms with Crippen LogP contribution in [0.4, 0.5) is 20.2 Å². The molecule has 1 aromatic heterocycles. The van der Waals surface area contributed by atoms with Crippen molar-refractivity contribution in [3.63, 3.8) is 0 Å². The summed E-state index contributed by atoms with van der Waals surface area (Å²) in [7, 11) is 0. The lowest BCUT2D eigenvalue weighted by Gasteiger charge is -2.12. The molecule has 0 radical (unpaired) electrons. The van der Waals surface area contributed by atoms with Crippen LogP contribution in [0, 0.1) is 11.6 Å². The second-order valence-corrected chi connectivity index (χ2v) is 5.34. The smallest absolute Gasteiger partial charge is 0.255 e. The average Bonchev–Trinajstić information content (AvgIpc) is 2.64. The van der Waals surface area contributed by atoms with Gasteiger partial charge in [-0.15, -0.1) is 0 Å². The van der Waals surface area contributed by atoms with Crippen LogP contribution in [0.25, 0.3) is 0 Å². The lowest BCUT2D eigenvalue weighted by atomic mass is 10.2. The first-order valence-electron chi connectivity index (χ1n) is 7.61. The van der Waals surface area contributed by atoms with E-state index in [1.54, 1.807) is 0 Å². The van der Waals surface area contributed by atoms with Gasteiger partial charge in [-0.1, -0.05) is 0 Å². The molecule has 0 saturated heterocycles. The topological polar surface area (TPSA) is 71.1 Å². The van der Waals surface area contributed by atoms with E-state index in [4.69, 9.17) is 0 Å². The minimum atomic E-state index is -0.477. The third-order valence-electron chi connectivity index (χ3n) is 3.53. The van der Waals surface area contributed by atoms with Crippen LogP contribution in [-0.4, -0.2) is 16.8 Å². The molecular weight excluding hydrogens is 340 g/mol. The highest BCUT2D eigenvalue weighted by Crippen LogP contribution is 2.21. The fraction of sp³-hybridized carbons (Fsp3) is 0. The van der Waals surface area contributed by atoms with Crippen LogP contribution in [-0.2, 0) is 0 Å². The SMILES string of the molecule is O=C(Nc1ccncc1NC(=O)c1ccc(F)cc1)c1ccc(F)cc1. The van der Waals surface area contributed by atoms with Gasteiger partial charge < -0.3 is 10.6 Å². The standard InChI is InChI=1S/C19H13F2N3O2/c20-14-5-1-12(2-6-14)18(25)23-16-9-10-22-11-17(16)24-19(26)13-3-7-15(21)8-4-13/h1-11H,(H,24,26)(H,22,23,25). The number of nitrogens with zero attached hydrogens (tertiary/aromatic N) is 1. The zero-order valence-electron chi connectivity index (χ0n) is 13.4. The van der Waals surface area contributed by atoms with E-state index in [9.17, 15) is 18.4 Å². The number of nitrogens with one attached hydrogen (secondary N) is 2. The van der Waals surface area contributed by atoms with Crippen molar-refractivity contribution in [2.75, 3.05) is 10.6 Å². The van der Waals surface area contributed by atoms with Gasteiger partial charge in [0, 0.05) is 17.3 Å². The number of halogens is 2. The van der Waals surface area contributed by atoms with Gasteiger partial charge in [0.15, 0.2) is 0 Å². The van der Waals surface area contributed by atoms with Crippen molar-refractivity contribution in [2.45, 2.75) is 0 Å². The highest BCUT2D eigenvalue weighted by atomic mass is 19.1. The van der Waals surface area contributed by atoms with E-state index in [1.807, 2.05) is 0 Å². The van der Waals surface area contributed by atoms with E-state index in [1.165, 1.54) is 67.0 Å². The Labute approximate surface area is 147 Å². The van der Waals surface area contributed by atoms with Crippen LogP contribution in [0.3, 0.4) is 0 Å². The molecule has 0 atom stereocenters. The van der Waals surface area contributed by atoms with Gasteiger partial charge in [-0.25, -0.2) is 8.78 Å². The van der Waals surface area contributed by atoms with Gasteiger partial charge in [-0.3, -0.25) is 14.6 Å². The number of benzene rings is 2. The highest BCUT2D eigenvalue weighted by molar-refractivity contribution is 6.09. The fourth-order valence-corrected chi connectivity index (χ4v) is 2.19. The van der Waals surface area contributed by atoms with Crippen molar-refractivity contribution >= 4 is 23.2 Å². The van der Waals surface area contributed by atoms with E-state index in [0.29, 0.717) is 5.69 Å². The maximum Gasteiger partial charge on any atom is 0.255 e. The van der Waals surface area contributed by atoms with Crippen molar-refractivity contribution < 1.29 is 18.4 Å². The number of carbonyl (C=O) groups is 2. The molecule has 3 aromatic rings. The molecule has 0 aliphatic rings. The number of pyridine rings is 1. The number of amides is 2. The van der Waals surface area contributed by atoms with Gasteiger partial charge in [-0.2, -0.15) is 0 Å². The van der Waals surface area contributed by atoms with Crippen molar-refractivity contribution in [2.24, 2.45) is 0 Å². The predicted molar refractivity (Wildman–Crippen MR) is 92.9 cm³/mol. The normalized spacial score (nSPS) is 10.2. The molecule has 3 rings (SSSR count). The molecule has 0 saturated carbocycles. The monoisotopic (exact) mass is 353 g/mol. The van der Waals surface area contributed by atoms with Gasteiger partial charge in [0.05, 0.1) is 17.6 Å². The first kappa shape index (κ1) is 17.2. The molecule has 1 heterocycles. The van der Waals surface area contributed by atoms with Gasteiger partial charge in [0.1, 0.15) is 11.6 Å². The lowest BCUT2D eigenvalue weighted by molar-refractivity contribution is 0.101. The molecule has 2 aromatic carbocycles. The summed E-state index contributed by atoms with van der Waals surface area (Å²) >= 11 is 0. The van der Waals surface area contributed by atoms with Gasteiger partial charge in [0.25, 0.3) is 11.8 Å². The number of hydrogen-bond acceptors (Lipinski definition) is 3. The summed E-state index contributed by atoms with van der Waals surface area (Å²) < 4.78 is 25.9. The van der Waals surface area contributed by atoms with Crippen LogP contribution >= 0.6 is 0 Å². The van der Waals surface area contributed by atoms with E-state index in [-0.39, 0.29) is 16.8 Å². The minimum Gasteiger partial charge on any atom is -0.320 e. The van der Waals surface area contributed by atoms with Gasteiger partial charge in [0.2, 0.25) is 0 Å². The van der Waals surface area contributed by atoms with E-state index < -0.39 is 23.4 Å². The maximum atomic E-state index is 13.0. The van der Waals surface area contributed by atoms with Crippen LogP contribution in [0.5, 0.6) is 0 Å². The summed E-state index contributed by atoms with van der Waals surface area (Å²) in [6, 6.07) is 11.6. The Morgan fingerprint density at radius 2 is 1.15 bits per heavy atom. The Morgan fingerprint density at radius 3 is 1.65 bits per heavy atom. The van der Waals surface area contributed by atoms with Gasteiger partial charge in [-0.05, 0) is 54.6 Å². The summed E-state index contributed by atoms with van der Waals surface area (Å²) in [6.45, 7) is 0. The summed E-state index contributed by atoms with van der Waals surface area (Å²) in [5.41, 5.74) is 1.12. The molecule has 2 N–H and O–H groups in total. The molecule has 0 aliphatic heterocycles. The highest BCUT2D eigenvalue weighted by Gasteiger charge is 2.12. The number of carbonyl (C=O) groups excluding carboxylic acids is 2. The molecule has 26 heavy (non-hydrogen) atoms. The number of hydrogen-bond donors (Lipinski definition) is 2. The Bertz CT molecular complexity index is 863. The first-order chi connectivity index (χ1) is 12.5. The van der Waals surface area contributed by atoms with Crippen molar-refractivity contribution in [1.29, 1.82) is 0 Å². The molecule has 5 nitrogen and oxygen atoms in total. The Morgan fingerprint density at radius 1 is 0.692 bits per heavy atom. The van der Waals surface area contributed by atoms with Crippen LogP contribution in [0.1, 0.15) is 20.7 Å². The largest absolute Gasteiger partial charge is 0.320 e. The minimum absolute atomic E-state index is 0.256. The van der Waals surface area contributed by atoms with E-state index in [0.717, 1.165) is 0 Å². The molecule has 7 heteroatoms. The van der Waals surface area contributed by atoms with Crippen LogP contribution in [0.15, 0.2) is 67.0 Å². The summed E-state index contributed by atoms with van der Waals surface area (Å²) in [5, 5.41) is 5.25. The predicted octanol–water partition coefficient (Wildman–Crippen LogP) is 3.86. The molecule has 0 fully saturated rings. The molecule has 0 unspecified atom stereocenters. The van der Waals surface area contributed by atoms with Crippen LogP contribution in [0.2, 0.25) is 0 Å². The summed E-state index contributed by atoms with van der Waals surface area (Å²) in [4.78, 5) is 28.4. The third-order valence-corrected chi connectivity index (χ3v) is 3.53. The van der Waals surface area contributed by atoms with E-state index in [2.05, 4.69) is 15.6 Å². The molecule has 0 bridgehead atoms. The second kappa shape index (κ2) is 7.52. The van der Waals surface area contributed by atoms with Crippen molar-refractivity contribution in [3.8, 4) is 0 Å². The lowest BCUT2D eigenvalue weighted by Crippen LogP contribution is -2.17. The maximum absolute atomic E-state index is 13.0. The molecule has 0 spiro atoms. The van der Waals surface area contributed by atoms with Gasteiger partial charge >= 0.3 is 0 Å². The molecule has 130 valence electrons. The van der Waals surface area contributed by atoms with Crippen molar-refractivity contribution in [1.82, 2.24) is 4.98 Å². The first-order valence-corrected chi connectivity index (χ1v) is 7.61. The van der Waals surface area contributed by atoms with Crippen molar-refractivity contribution in [3.05, 3.63) is 89.8 Å². The molecule has 2 amide bonds. The Kier molecular flexibility index (Phi) is 4.98. The third kappa shape index (κ3) is 4.07. The molecular formula is C19H13F2N3O2. The number of aromatic nitrogens is 1. The number of rotatable bonds is 4. The quantitative estimate of drug-likeness (QED) is 0.748. The average molecular weight is 353 g/mol. The summed E-state index contributed by atoms with van der Waals surface area (Å²) in [6.07, 6.45) is 2.83. The number of anilines is 2. The van der Waals surface area contributed by atoms with E-state index >= 15 is 0 Å². The Hall–Kier alpha value is -3.61. The fourth-order valence-electron chi connectivity index (χ4n) is 2.19.